The van der Waals surface area contributed by atoms with E-state index in [1.54, 1.807) is 12.2 Å². The summed E-state index contributed by atoms with van der Waals surface area (Å²) in [6.45, 7) is 15.2. The maximum atomic E-state index is 10.8. The van der Waals surface area contributed by atoms with Crippen LogP contribution in [0.2, 0.25) is 0 Å². The summed E-state index contributed by atoms with van der Waals surface area (Å²) in [6.07, 6.45) is 4.99. The molecule has 0 rings (SSSR count). The second-order valence-corrected chi connectivity index (χ2v) is 2.15. The molecule has 0 aromatic rings. The average Bonchev–Trinajstić information content (AvgIpc) is 2.30. The summed E-state index contributed by atoms with van der Waals surface area (Å²) >= 11 is 0. The number of hydrogen-bond acceptors (Lipinski definition) is 1. The summed E-state index contributed by atoms with van der Waals surface area (Å²) in [5, 5.41) is 0. The lowest BCUT2D eigenvalue weighted by atomic mass is 10.1. The van der Waals surface area contributed by atoms with Crippen LogP contribution in [0, 0.1) is 0 Å². The van der Waals surface area contributed by atoms with E-state index in [1.165, 1.54) is 0 Å². The fourth-order valence-corrected chi connectivity index (χ4v) is 0.681. The van der Waals surface area contributed by atoms with Gasteiger partial charge in [-0.05, 0) is 25.5 Å². The first-order valence-electron chi connectivity index (χ1n) is 5.39. The van der Waals surface area contributed by atoms with Crippen LogP contribution in [-0.4, -0.2) is 5.91 Å². The molecule has 0 aliphatic rings. The molecule has 1 amide bonds. The molecule has 0 radical (unpaired) electrons. The van der Waals surface area contributed by atoms with Gasteiger partial charge in [0.2, 0.25) is 5.91 Å². The fraction of sp³-hybridized carbons (Fsp3) is 0.462. The first kappa shape index (κ1) is 19.3. The van der Waals surface area contributed by atoms with Crippen molar-refractivity contribution in [2.75, 3.05) is 0 Å². The number of carbonyl (C=O) groups is 1. The topological polar surface area (TPSA) is 43.1 Å². The number of amides is 1. The van der Waals surface area contributed by atoms with Gasteiger partial charge in [-0.2, -0.15) is 0 Å². The highest BCUT2D eigenvalue weighted by molar-refractivity contribution is 5.96. The van der Waals surface area contributed by atoms with Crippen molar-refractivity contribution in [3.8, 4) is 0 Å². The fourth-order valence-electron chi connectivity index (χ4n) is 0.681. The standard InChI is InChI=1S/C9H13NO.2C2H6/c1-4-6-8(9(10)11)7(3)5-2;2*1-2/h4-6H,1H2,2-3H3,(H2,10,11);2*1-2H3/b7-5-,8-6+;;. The number of hydrogen-bond donors (Lipinski definition) is 1. The predicted octanol–water partition coefficient (Wildman–Crippen LogP) is 3.60. The van der Waals surface area contributed by atoms with Gasteiger partial charge in [-0.3, -0.25) is 4.79 Å². The van der Waals surface area contributed by atoms with E-state index in [4.69, 9.17) is 5.73 Å². The maximum Gasteiger partial charge on any atom is 0.248 e. The van der Waals surface area contributed by atoms with Crippen molar-refractivity contribution in [3.05, 3.63) is 36.0 Å². The van der Waals surface area contributed by atoms with Crippen molar-refractivity contribution >= 4 is 5.91 Å². The zero-order valence-corrected chi connectivity index (χ0v) is 10.9. The van der Waals surface area contributed by atoms with E-state index >= 15 is 0 Å². The summed E-state index contributed by atoms with van der Waals surface area (Å²) < 4.78 is 0. The molecule has 2 heteroatoms. The van der Waals surface area contributed by atoms with E-state index < -0.39 is 5.91 Å². The predicted molar refractivity (Wildman–Crippen MR) is 69.6 cm³/mol. The number of carbonyl (C=O) groups excluding carboxylic acids is 1. The molecule has 15 heavy (non-hydrogen) atoms. The zero-order valence-electron chi connectivity index (χ0n) is 10.9. The summed E-state index contributed by atoms with van der Waals surface area (Å²) in [7, 11) is 0. The Kier molecular flexibility index (Phi) is 19.5. The Hall–Kier alpha value is -1.31. The Morgan fingerprint density at radius 2 is 1.60 bits per heavy atom. The van der Waals surface area contributed by atoms with Crippen LogP contribution in [0.1, 0.15) is 41.5 Å². The lowest BCUT2D eigenvalue weighted by Crippen LogP contribution is -2.14. The first-order chi connectivity index (χ1) is 7.13. The van der Waals surface area contributed by atoms with Crippen LogP contribution in [0.5, 0.6) is 0 Å². The number of nitrogens with two attached hydrogens (primary N) is 1. The molecule has 2 nitrogen and oxygen atoms in total. The lowest BCUT2D eigenvalue weighted by Gasteiger charge is -2.00. The van der Waals surface area contributed by atoms with E-state index in [-0.39, 0.29) is 0 Å². The third kappa shape index (κ3) is 10.6. The van der Waals surface area contributed by atoms with Crippen molar-refractivity contribution in [1.82, 2.24) is 0 Å². The molecule has 0 bridgehead atoms. The molecule has 0 saturated heterocycles. The molecule has 0 atom stereocenters. The normalized spacial score (nSPS) is 10.3. The molecule has 0 aromatic carbocycles. The van der Waals surface area contributed by atoms with Gasteiger partial charge in [-0.15, -0.1) is 0 Å². The number of allylic oxidation sites excluding steroid dienone is 3. The van der Waals surface area contributed by atoms with Crippen LogP contribution >= 0.6 is 0 Å². The number of rotatable bonds is 3. The van der Waals surface area contributed by atoms with Gasteiger partial charge in [-0.1, -0.05) is 46.4 Å². The third-order valence-corrected chi connectivity index (χ3v) is 1.41. The maximum absolute atomic E-state index is 10.8. The quantitative estimate of drug-likeness (QED) is 0.562. The van der Waals surface area contributed by atoms with Crippen LogP contribution in [-0.2, 0) is 4.79 Å². The highest BCUT2D eigenvalue weighted by Gasteiger charge is 2.03. The molecule has 88 valence electrons. The molecule has 0 aliphatic heterocycles. The van der Waals surface area contributed by atoms with Gasteiger partial charge in [0.15, 0.2) is 0 Å². The molecular weight excluding hydrogens is 186 g/mol. The van der Waals surface area contributed by atoms with Crippen LogP contribution in [0.15, 0.2) is 36.0 Å². The van der Waals surface area contributed by atoms with Crippen molar-refractivity contribution in [2.24, 2.45) is 5.73 Å². The Morgan fingerprint density at radius 3 is 1.80 bits per heavy atom. The minimum absolute atomic E-state index is 0.416. The van der Waals surface area contributed by atoms with Crippen molar-refractivity contribution < 1.29 is 4.79 Å². The van der Waals surface area contributed by atoms with Crippen LogP contribution in [0.4, 0.5) is 0 Å². The highest BCUT2D eigenvalue weighted by atomic mass is 16.1. The molecule has 0 heterocycles. The van der Waals surface area contributed by atoms with Gasteiger partial charge >= 0.3 is 0 Å². The van der Waals surface area contributed by atoms with Gasteiger partial charge in [0, 0.05) is 5.57 Å². The average molecular weight is 211 g/mol. The monoisotopic (exact) mass is 211 g/mol. The van der Waals surface area contributed by atoms with Gasteiger partial charge in [0.25, 0.3) is 0 Å². The highest BCUT2D eigenvalue weighted by Crippen LogP contribution is 2.07. The second kappa shape index (κ2) is 15.2. The van der Waals surface area contributed by atoms with E-state index in [1.807, 2.05) is 47.6 Å². The van der Waals surface area contributed by atoms with Crippen LogP contribution < -0.4 is 5.73 Å². The first-order valence-corrected chi connectivity index (χ1v) is 5.39. The minimum atomic E-state index is -0.416. The molecule has 0 unspecified atom stereocenters. The molecular formula is C13H25NO. The molecule has 0 aromatic heterocycles. The summed E-state index contributed by atoms with van der Waals surface area (Å²) in [6, 6.07) is 0. The largest absolute Gasteiger partial charge is 0.366 e. The smallest absolute Gasteiger partial charge is 0.248 e. The molecule has 0 aliphatic carbocycles. The lowest BCUT2D eigenvalue weighted by molar-refractivity contribution is -0.114. The zero-order chi connectivity index (χ0) is 12.9. The minimum Gasteiger partial charge on any atom is -0.366 e. The van der Waals surface area contributed by atoms with Gasteiger partial charge < -0.3 is 5.73 Å². The van der Waals surface area contributed by atoms with Gasteiger partial charge in [0.1, 0.15) is 0 Å². The summed E-state index contributed by atoms with van der Waals surface area (Å²) in [5.41, 5.74) is 6.49. The van der Waals surface area contributed by atoms with Crippen LogP contribution in [0.25, 0.3) is 0 Å². The SMILES string of the molecule is C=C/C=C(C(N)=O)\C(C)=C/C.CC.CC. The van der Waals surface area contributed by atoms with Crippen LogP contribution in [0.3, 0.4) is 0 Å². The Bertz CT molecular complexity index is 225. The Balaban J connectivity index is -0.000000318. The van der Waals surface area contributed by atoms with E-state index in [0.29, 0.717) is 5.57 Å². The second-order valence-electron chi connectivity index (χ2n) is 2.15. The summed E-state index contributed by atoms with van der Waals surface area (Å²) in [5.74, 6) is -0.416. The molecule has 0 spiro atoms. The Labute approximate surface area is 94.6 Å². The third-order valence-electron chi connectivity index (χ3n) is 1.41. The number of primary amides is 1. The van der Waals surface area contributed by atoms with Crippen molar-refractivity contribution in [2.45, 2.75) is 41.5 Å². The van der Waals surface area contributed by atoms with Gasteiger partial charge in [0.05, 0.1) is 0 Å². The molecule has 2 N–H and O–H groups in total. The van der Waals surface area contributed by atoms with E-state index in [2.05, 4.69) is 6.58 Å². The van der Waals surface area contributed by atoms with E-state index in [0.717, 1.165) is 5.57 Å². The van der Waals surface area contributed by atoms with Crippen molar-refractivity contribution in [3.63, 3.8) is 0 Å². The van der Waals surface area contributed by atoms with E-state index in [9.17, 15) is 4.79 Å². The molecule has 0 fully saturated rings. The van der Waals surface area contributed by atoms with Gasteiger partial charge in [-0.25, -0.2) is 0 Å². The molecule has 0 saturated carbocycles. The van der Waals surface area contributed by atoms with Crippen molar-refractivity contribution in [1.29, 1.82) is 0 Å². The Morgan fingerprint density at radius 1 is 1.20 bits per heavy atom. The summed E-state index contributed by atoms with van der Waals surface area (Å²) in [4.78, 5) is 10.8.